The third-order valence-corrected chi connectivity index (χ3v) is 20.5. The molecule has 3 aromatic carbocycles. The Hall–Kier alpha value is -3.73. The monoisotopic (exact) mass is 1270 g/mol. The normalized spacial score (nSPS) is 41.6. The summed E-state index contributed by atoms with van der Waals surface area (Å²) in [6.07, 6.45) is 9.92. The van der Waals surface area contributed by atoms with Crippen molar-refractivity contribution >= 4 is 18.2 Å². The fourth-order valence-corrected chi connectivity index (χ4v) is 17.6. The number of hydrogen-bond acceptors (Lipinski definition) is 18. The summed E-state index contributed by atoms with van der Waals surface area (Å²) in [5.74, 6) is 2.54. The number of benzene rings is 3. The first kappa shape index (κ1) is 62.7. The van der Waals surface area contributed by atoms with Gasteiger partial charge in [0.2, 0.25) is 12.6 Å². The zero-order chi connectivity index (χ0) is 68.7. The summed E-state index contributed by atoms with van der Waals surface area (Å²) in [7, 11) is -8.18. The van der Waals surface area contributed by atoms with Gasteiger partial charge in [-0.25, -0.2) is 14.6 Å². The molecule has 0 radical (unpaired) electrons. The van der Waals surface area contributed by atoms with Crippen molar-refractivity contribution in [1.29, 1.82) is 0 Å². The minimum atomic E-state index is -2.80. The smallest absolute Gasteiger partial charge is 0.630 e. The molecule has 5 unspecified atom stereocenters. The zero-order valence-corrected chi connectivity index (χ0v) is 52.8. The molecule has 18 nitrogen and oxygen atoms in total. The summed E-state index contributed by atoms with van der Waals surface area (Å²) in [6.45, 7) is 14.3. The van der Waals surface area contributed by atoms with Gasteiger partial charge in [-0.15, -0.1) is 0 Å². The van der Waals surface area contributed by atoms with E-state index in [0.717, 1.165) is 82.7 Å². The number of carbonyl (C=O) groups excluding carboxylic acids is 3. The maximum Gasteiger partial charge on any atom is 1.00 e. The number of phenolic OH excluding ortho intramolecular Hbond substituents is 2. The Morgan fingerprint density at radius 2 is 1.00 bits per heavy atom. The van der Waals surface area contributed by atoms with Crippen LogP contribution in [0.1, 0.15) is 201 Å². The fraction of sp³-hybridized carbons (Fsp3) is 0.700. The number of Topliss-reactive ketones (excluding diaryl/α,β-unsaturated/α-hetero) is 1. The third-order valence-electron chi connectivity index (χ3n) is 20.5. The van der Waals surface area contributed by atoms with E-state index in [0.29, 0.717) is 52.4 Å². The van der Waals surface area contributed by atoms with Crippen molar-refractivity contribution in [3.63, 3.8) is 0 Å². The molecule has 12 aliphatic carbocycles. The van der Waals surface area contributed by atoms with E-state index in [9.17, 15) is 34.8 Å². The quantitative estimate of drug-likeness (QED) is 0.0579. The average Bonchev–Trinajstić information content (AvgIpc) is 0.675. The van der Waals surface area contributed by atoms with Crippen molar-refractivity contribution in [3.05, 3.63) is 89.5 Å². The molecule has 0 amide bonds. The molecule has 3 heterocycles. The van der Waals surface area contributed by atoms with E-state index in [1.165, 1.54) is 81.3 Å². The van der Waals surface area contributed by atoms with Crippen LogP contribution in [0.5, 0.6) is 17.2 Å². The Bertz CT molecular complexity index is 3010. The first-order chi connectivity index (χ1) is 44.4. The number of aromatic hydroxyl groups is 2. The zero-order valence-electron chi connectivity index (χ0n) is 59.8. The van der Waals surface area contributed by atoms with Crippen LogP contribution in [0.15, 0.2) is 72.8 Å². The van der Waals surface area contributed by atoms with Crippen molar-refractivity contribution in [2.24, 2.45) is 71.0 Å². The number of aliphatic hydroxyl groups is 3. The first-order valence-electron chi connectivity index (χ1n) is 35.5. The Morgan fingerprint density at radius 1 is 0.584 bits per heavy atom. The van der Waals surface area contributed by atoms with Gasteiger partial charge in [0.15, 0.2) is 11.2 Å². The van der Waals surface area contributed by atoms with Crippen LogP contribution in [0.25, 0.3) is 0 Å². The first-order valence-corrected chi connectivity index (χ1v) is 31.0. The predicted octanol–water partition coefficient (Wildman–Crippen LogP) is 9.79. The maximum absolute atomic E-state index is 11.6. The molecule has 3 aromatic rings. The number of rotatable bonds is 9. The van der Waals surface area contributed by atoms with Gasteiger partial charge >= 0.3 is 35.5 Å². The second-order valence-electron chi connectivity index (χ2n) is 25.0. The summed E-state index contributed by atoms with van der Waals surface area (Å²) in [5, 5.41) is 50.3. The molecule has 89 heavy (non-hydrogen) atoms. The molecule has 494 valence electrons. The van der Waals surface area contributed by atoms with Gasteiger partial charge in [0.05, 0.1) is 24.9 Å². The standard InChI is InChI=1S/C25H31O10.C18H22O4.C10H14O.C8H8O3.3C2H6.3CH4.Na/c1-23(29)20(28)19(27)21(33-22(23)31-12-26)32-18-5-3-4-15(11-18)25(30-2)24(34-35-25)16-7-13-6-14(9-16)10-17(24)8-13;1-20-18(13-3-2-4-16(19)10-13)17(21-22-18)14-6-11-5-12(8-14)9-15(17)7-11;11-10-8-2-6-1-7(4-8)5-9(10)3-6;1-11-8(10)6-3-2-4-7(9)5-6;3*1-2;;;;/h3-5,11,13-14,16-17,19-22,27-29H,6-10H2,1-2H3;2-4,10-12,14-15,19H,5-9H2,1H3;6-9H,1-5H2;2-5,9H,1H3;3*1-2H3;3*1H4;/q-1;;;;;;;;;;+1/t13?,14?,16?,17?,19?,20-,21+,22?,23?,24?,25?;;;;;;;;;;/m0........../s1/i2D3;1D3;;1D3;;;;;;;. The number of carbonyl (C=O) groups is 2. The fourth-order valence-electron chi connectivity index (χ4n) is 17.6. The van der Waals surface area contributed by atoms with Crippen LogP contribution in [0.4, 0.5) is 0 Å². The van der Waals surface area contributed by atoms with E-state index in [1.54, 1.807) is 30.3 Å². The minimum Gasteiger partial charge on any atom is -0.630 e. The molecule has 2 spiro atoms. The molecule has 12 saturated carbocycles. The maximum atomic E-state index is 11.6. The van der Waals surface area contributed by atoms with Gasteiger partial charge in [-0.3, -0.25) is 9.53 Å². The molecular formula is C70H105NaO18. The van der Waals surface area contributed by atoms with Crippen LogP contribution in [0.2, 0.25) is 0 Å². The molecule has 0 aromatic heterocycles. The Kier molecular flexibility index (Phi) is 22.2. The van der Waals surface area contributed by atoms with Gasteiger partial charge in [0.1, 0.15) is 40.8 Å². The average molecular weight is 1270 g/mol. The van der Waals surface area contributed by atoms with Crippen LogP contribution < -0.4 is 34.3 Å². The van der Waals surface area contributed by atoms with Gasteiger partial charge in [-0.05, 0) is 205 Å². The molecular weight excluding hydrogens is 1150 g/mol. The number of ether oxygens (including phenoxy) is 6. The third kappa shape index (κ3) is 13.5. The molecule has 18 rings (SSSR count). The molecule has 19 heteroatoms. The molecule has 5 N–H and O–H groups in total. The van der Waals surface area contributed by atoms with Crippen molar-refractivity contribution in [1.82, 2.24) is 0 Å². The van der Waals surface area contributed by atoms with Crippen molar-refractivity contribution in [3.8, 4) is 17.2 Å². The van der Waals surface area contributed by atoms with E-state index < -0.39 is 80.2 Å². The summed E-state index contributed by atoms with van der Waals surface area (Å²) < 4.78 is 98.3. The van der Waals surface area contributed by atoms with Gasteiger partial charge < -0.3 is 54.0 Å². The van der Waals surface area contributed by atoms with Crippen LogP contribution in [0.3, 0.4) is 0 Å². The number of methoxy groups -OCH3 is 3. The van der Waals surface area contributed by atoms with Crippen molar-refractivity contribution in [2.75, 3.05) is 21.1 Å². The van der Waals surface area contributed by atoms with E-state index >= 15 is 0 Å². The van der Waals surface area contributed by atoms with Crippen molar-refractivity contribution in [2.45, 2.75) is 220 Å². The van der Waals surface area contributed by atoms with E-state index in [1.807, 2.05) is 41.5 Å². The number of ketones is 1. The topological polar surface area (TPSA) is 245 Å². The number of hydrogen-bond donors (Lipinski definition) is 5. The Labute approximate surface area is 564 Å². The van der Waals surface area contributed by atoms with Crippen LogP contribution in [-0.4, -0.2) is 106 Å². The molecule has 3 saturated heterocycles. The number of aliphatic hydroxyl groups excluding tert-OH is 2. The molecule has 15 aliphatic rings. The van der Waals surface area contributed by atoms with Crippen LogP contribution >= 0.6 is 0 Å². The molecule has 15 fully saturated rings. The van der Waals surface area contributed by atoms with Gasteiger partial charge in [-0.1, -0.05) is 101 Å². The second kappa shape index (κ2) is 31.5. The van der Waals surface area contributed by atoms with Crippen molar-refractivity contribution < 1.29 is 130 Å². The number of phenols is 2. The predicted molar refractivity (Wildman–Crippen MR) is 330 cm³/mol. The van der Waals surface area contributed by atoms with Crippen LogP contribution in [-0.2, 0) is 64.4 Å². The molecule has 3 aliphatic heterocycles. The summed E-state index contributed by atoms with van der Waals surface area (Å²) >= 11 is 0. The van der Waals surface area contributed by atoms with Gasteiger partial charge in [0.25, 0.3) is 11.6 Å². The van der Waals surface area contributed by atoms with Gasteiger partial charge in [0, 0.05) is 37.0 Å². The van der Waals surface area contributed by atoms with E-state index in [-0.39, 0.29) is 98.3 Å². The Morgan fingerprint density at radius 3 is 1.39 bits per heavy atom. The molecule has 12 bridgehead atoms. The van der Waals surface area contributed by atoms with Gasteiger partial charge in [-0.2, -0.15) is 9.78 Å². The number of esters is 1. The SMILES string of the molecule is C.C.C.CC.CC.CC.O=C1C2CC3CC(C2)CC1C3.[2H]C([2H])([2H])OC(=O)c1cccc(O)c1.[2H]C([2H])([2H])OC1(c2cccc(O)c2)OOC12C1CC3CC(C1)CC2C3.[2H]C([2H])([2H])OC1(c2cccc(O[C@@H]3OC(O[C-]=O)C(C)(O)[C@@H](O)C3O)c2)OOC12C1CC3CC(C1)CC2C3.[Na+]. The van der Waals surface area contributed by atoms with E-state index in [4.69, 9.17) is 55.9 Å². The summed E-state index contributed by atoms with van der Waals surface area (Å²) in [5.41, 5.74) is -3.00. The van der Waals surface area contributed by atoms with Crippen LogP contribution in [0, 0.1) is 71.0 Å². The summed E-state index contributed by atoms with van der Waals surface area (Å²) in [6, 6.07) is 18.1. The largest absolute Gasteiger partial charge is 1.00 e. The Balaban J connectivity index is 0.000000248. The molecule has 7 atom stereocenters. The minimum absolute atomic E-state index is 0. The summed E-state index contributed by atoms with van der Waals surface area (Å²) in [4.78, 5) is 56.3. The second-order valence-corrected chi connectivity index (χ2v) is 25.0. The van der Waals surface area contributed by atoms with E-state index in [2.05, 4.69) is 9.47 Å².